The van der Waals surface area contributed by atoms with E-state index in [-0.39, 0.29) is 17.6 Å². The van der Waals surface area contributed by atoms with Gasteiger partial charge < -0.3 is 14.6 Å². The smallest absolute Gasteiger partial charge is 0.290 e. The zero-order valence-corrected chi connectivity index (χ0v) is 13.6. The van der Waals surface area contributed by atoms with E-state index in [1.807, 2.05) is 18.2 Å². The van der Waals surface area contributed by atoms with Crippen LogP contribution in [-0.2, 0) is 4.79 Å². The molecule has 3 heterocycles. The molecule has 0 saturated carbocycles. The van der Waals surface area contributed by atoms with Crippen LogP contribution in [0.25, 0.3) is 10.9 Å². The van der Waals surface area contributed by atoms with Gasteiger partial charge >= 0.3 is 0 Å². The molecule has 128 valence electrons. The summed E-state index contributed by atoms with van der Waals surface area (Å²) in [5, 5.41) is 10.7. The SMILES string of the molecule is O=C(Nc1ccc2[nH]ncc2c1)[C@@H]1CCCCN1C(=O)c1ccco1. The maximum absolute atomic E-state index is 12.8. The quantitative estimate of drug-likeness (QED) is 0.768. The molecule has 3 aromatic rings. The third-order valence-electron chi connectivity index (χ3n) is 4.51. The van der Waals surface area contributed by atoms with Gasteiger partial charge in [-0.25, -0.2) is 0 Å². The van der Waals surface area contributed by atoms with Crippen molar-refractivity contribution in [2.75, 3.05) is 11.9 Å². The van der Waals surface area contributed by atoms with Crippen LogP contribution >= 0.6 is 0 Å². The minimum absolute atomic E-state index is 0.178. The molecule has 7 nitrogen and oxygen atoms in total. The molecular formula is C18H18N4O3. The summed E-state index contributed by atoms with van der Waals surface area (Å²) in [6, 6.07) is 8.35. The highest BCUT2D eigenvalue weighted by atomic mass is 16.3. The number of piperidine rings is 1. The molecule has 0 aliphatic carbocycles. The molecule has 0 unspecified atom stereocenters. The third-order valence-corrected chi connectivity index (χ3v) is 4.51. The fourth-order valence-electron chi connectivity index (χ4n) is 3.24. The van der Waals surface area contributed by atoms with E-state index in [1.165, 1.54) is 6.26 Å². The first-order valence-electron chi connectivity index (χ1n) is 8.31. The molecule has 4 rings (SSSR count). The van der Waals surface area contributed by atoms with Gasteiger partial charge in [0.15, 0.2) is 5.76 Å². The maximum atomic E-state index is 12.8. The van der Waals surface area contributed by atoms with Gasteiger partial charge in [0.25, 0.3) is 5.91 Å². The fraction of sp³-hybridized carbons (Fsp3) is 0.278. The van der Waals surface area contributed by atoms with Crippen molar-refractivity contribution in [3.8, 4) is 0 Å². The number of fused-ring (bicyclic) bond motifs is 1. The number of hydrogen-bond acceptors (Lipinski definition) is 4. The summed E-state index contributed by atoms with van der Waals surface area (Å²) in [5.41, 5.74) is 1.60. The van der Waals surface area contributed by atoms with Crippen molar-refractivity contribution < 1.29 is 14.0 Å². The van der Waals surface area contributed by atoms with E-state index in [0.717, 1.165) is 23.7 Å². The minimum atomic E-state index is -0.494. The van der Waals surface area contributed by atoms with Gasteiger partial charge in [-0.3, -0.25) is 14.7 Å². The molecule has 2 aromatic heterocycles. The Kier molecular flexibility index (Phi) is 3.97. The second-order valence-corrected chi connectivity index (χ2v) is 6.15. The van der Waals surface area contributed by atoms with Crippen molar-refractivity contribution in [2.24, 2.45) is 0 Å². The van der Waals surface area contributed by atoms with Crippen molar-refractivity contribution in [1.29, 1.82) is 0 Å². The van der Waals surface area contributed by atoms with Crippen LogP contribution in [0.3, 0.4) is 0 Å². The number of anilines is 1. The van der Waals surface area contributed by atoms with E-state index in [2.05, 4.69) is 15.5 Å². The highest BCUT2D eigenvalue weighted by molar-refractivity contribution is 6.01. The van der Waals surface area contributed by atoms with E-state index in [1.54, 1.807) is 23.2 Å². The van der Waals surface area contributed by atoms with E-state index >= 15 is 0 Å². The van der Waals surface area contributed by atoms with Crippen molar-refractivity contribution in [2.45, 2.75) is 25.3 Å². The van der Waals surface area contributed by atoms with Gasteiger partial charge in [0.2, 0.25) is 5.91 Å². The Balaban J connectivity index is 1.53. The van der Waals surface area contributed by atoms with Crippen LogP contribution in [-0.4, -0.2) is 39.5 Å². The van der Waals surface area contributed by atoms with Crippen molar-refractivity contribution in [3.63, 3.8) is 0 Å². The van der Waals surface area contributed by atoms with Crippen molar-refractivity contribution >= 4 is 28.4 Å². The molecule has 7 heteroatoms. The molecule has 25 heavy (non-hydrogen) atoms. The second kappa shape index (κ2) is 6.43. The number of amides is 2. The predicted octanol–water partition coefficient (Wildman–Crippen LogP) is 2.79. The normalized spacial score (nSPS) is 17.6. The molecule has 1 aromatic carbocycles. The summed E-state index contributed by atoms with van der Waals surface area (Å²) in [4.78, 5) is 27.0. The summed E-state index contributed by atoms with van der Waals surface area (Å²) >= 11 is 0. The first-order chi connectivity index (χ1) is 12.2. The molecule has 2 amide bonds. The number of aromatic nitrogens is 2. The number of carbonyl (C=O) groups is 2. The molecular weight excluding hydrogens is 320 g/mol. The molecule has 0 radical (unpaired) electrons. The van der Waals surface area contributed by atoms with Crippen LogP contribution in [0.15, 0.2) is 47.2 Å². The summed E-state index contributed by atoms with van der Waals surface area (Å²) in [6.45, 7) is 0.554. The standard InChI is InChI=1S/C18H18N4O3/c23-17(20-13-6-7-14-12(10-13)11-19-21-14)15-4-1-2-8-22(15)18(24)16-5-3-9-25-16/h3,5-7,9-11,15H,1-2,4,8H2,(H,19,21)(H,20,23)/t15-/m0/s1. The molecule has 2 N–H and O–H groups in total. The van der Waals surface area contributed by atoms with Crippen molar-refractivity contribution in [3.05, 3.63) is 48.6 Å². The van der Waals surface area contributed by atoms with E-state index in [4.69, 9.17) is 4.42 Å². The van der Waals surface area contributed by atoms with Crippen LogP contribution < -0.4 is 5.32 Å². The average molecular weight is 338 g/mol. The molecule has 0 spiro atoms. The summed E-state index contributed by atoms with van der Waals surface area (Å²) in [7, 11) is 0. The number of likely N-dealkylation sites (tertiary alicyclic amines) is 1. The monoisotopic (exact) mass is 338 g/mol. The minimum Gasteiger partial charge on any atom is -0.459 e. The first-order valence-corrected chi connectivity index (χ1v) is 8.31. The molecule has 1 saturated heterocycles. The van der Waals surface area contributed by atoms with Gasteiger partial charge in [-0.05, 0) is 49.6 Å². The zero-order valence-electron chi connectivity index (χ0n) is 13.6. The molecule has 1 aliphatic rings. The Morgan fingerprint density at radius 2 is 2.20 bits per heavy atom. The lowest BCUT2D eigenvalue weighted by Crippen LogP contribution is -2.49. The maximum Gasteiger partial charge on any atom is 0.290 e. The Hall–Kier alpha value is -3.09. The lowest BCUT2D eigenvalue weighted by atomic mass is 10.0. The summed E-state index contributed by atoms with van der Waals surface area (Å²) < 4.78 is 5.20. The van der Waals surface area contributed by atoms with E-state index in [0.29, 0.717) is 18.7 Å². The number of rotatable bonds is 3. The van der Waals surface area contributed by atoms with E-state index in [9.17, 15) is 9.59 Å². The molecule has 1 aliphatic heterocycles. The number of furan rings is 1. The van der Waals surface area contributed by atoms with Gasteiger partial charge in [-0.2, -0.15) is 5.10 Å². The Morgan fingerprint density at radius 3 is 3.04 bits per heavy atom. The predicted molar refractivity (Wildman–Crippen MR) is 92.1 cm³/mol. The number of nitrogens with one attached hydrogen (secondary N) is 2. The highest BCUT2D eigenvalue weighted by Gasteiger charge is 2.33. The lowest BCUT2D eigenvalue weighted by molar-refractivity contribution is -0.121. The molecule has 0 bridgehead atoms. The van der Waals surface area contributed by atoms with Crippen LogP contribution in [0, 0.1) is 0 Å². The van der Waals surface area contributed by atoms with Crippen LogP contribution in [0.4, 0.5) is 5.69 Å². The van der Waals surface area contributed by atoms with E-state index < -0.39 is 6.04 Å². The van der Waals surface area contributed by atoms with Gasteiger partial charge in [-0.15, -0.1) is 0 Å². The average Bonchev–Trinajstić information content (AvgIpc) is 3.32. The molecule has 1 fully saturated rings. The summed E-state index contributed by atoms with van der Waals surface area (Å²) in [6.07, 6.45) is 5.62. The third kappa shape index (κ3) is 3.00. The topological polar surface area (TPSA) is 91.2 Å². The van der Waals surface area contributed by atoms with Gasteiger partial charge in [0.1, 0.15) is 6.04 Å². The number of hydrogen-bond donors (Lipinski definition) is 2. The molecule has 1 atom stereocenters. The highest BCUT2D eigenvalue weighted by Crippen LogP contribution is 2.23. The Labute approximate surface area is 144 Å². The zero-order chi connectivity index (χ0) is 17.2. The van der Waals surface area contributed by atoms with Gasteiger partial charge in [0, 0.05) is 17.6 Å². The van der Waals surface area contributed by atoms with Crippen LogP contribution in [0.2, 0.25) is 0 Å². The van der Waals surface area contributed by atoms with Crippen molar-refractivity contribution in [1.82, 2.24) is 15.1 Å². The van der Waals surface area contributed by atoms with Crippen LogP contribution in [0.1, 0.15) is 29.8 Å². The Bertz CT molecular complexity index is 900. The number of benzene rings is 1. The first kappa shape index (κ1) is 15.4. The number of aromatic amines is 1. The van der Waals surface area contributed by atoms with Gasteiger partial charge in [-0.1, -0.05) is 0 Å². The lowest BCUT2D eigenvalue weighted by Gasteiger charge is -2.34. The Morgan fingerprint density at radius 1 is 1.28 bits per heavy atom. The number of carbonyl (C=O) groups excluding carboxylic acids is 2. The number of nitrogens with zero attached hydrogens (tertiary/aromatic N) is 2. The number of H-pyrrole nitrogens is 1. The second-order valence-electron chi connectivity index (χ2n) is 6.15. The van der Waals surface area contributed by atoms with Crippen LogP contribution in [0.5, 0.6) is 0 Å². The summed E-state index contributed by atoms with van der Waals surface area (Å²) in [5.74, 6) is -0.155. The van der Waals surface area contributed by atoms with Gasteiger partial charge in [0.05, 0.1) is 18.0 Å². The largest absolute Gasteiger partial charge is 0.459 e. The fourth-order valence-corrected chi connectivity index (χ4v) is 3.24.